The molecule has 0 fully saturated rings. The fraction of sp³-hybridized carbons (Fsp3) is 0.0625. The number of aromatic hydroxyl groups is 1. The highest BCUT2D eigenvalue weighted by Gasteiger charge is 2.13. The first-order valence-corrected chi connectivity index (χ1v) is 6.53. The molecule has 0 bridgehead atoms. The standard InChI is InChI=1S/C16H15N3O2/c17-16-13(9-18-19-16)12-7-4-8-14(15(12)20)21-10-11-5-2-1-3-6-11/h1-9,20H,10H2,(H3,17,18,19). The fourth-order valence-electron chi connectivity index (χ4n) is 2.10. The van der Waals surface area contributed by atoms with Crippen LogP contribution >= 0.6 is 0 Å². The number of nitrogens with one attached hydrogen (secondary N) is 1. The molecule has 0 atom stereocenters. The molecule has 4 N–H and O–H groups in total. The molecular formula is C16H15N3O2. The van der Waals surface area contributed by atoms with Crippen molar-refractivity contribution in [3.63, 3.8) is 0 Å². The summed E-state index contributed by atoms with van der Waals surface area (Å²) in [5.41, 5.74) is 8.06. The van der Waals surface area contributed by atoms with Gasteiger partial charge in [0.2, 0.25) is 0 Å². The first kappa shape index (κ1) is 13.1. The van der Waals surface area contributed by atoms with Gasteiger partial charge in [0, 0.05) is 11.1 Å². The maximum atomic E-state index is 10.3. The summed E-state index contributed by atoms with van der Waals surface area (Å²) in [7, 11) is 0. The lowest BCUT2D eigenvalue weighted by atomic mass is 10.1. The number of ether oxygens (including phenoxy) is 1. The number of aromatic nitrogens is 2. The third-order valence-corrected chi connectivity index (χ3v) is 3.20. The summed E-state index contributed by atoms with van der Waals surface area (Å²) < 4.78 is 5.68. The Morgan fingerprint density at radius 3 is 2.57 bits per heavy atom. The molecule has 21 heavy (non-hydrogen) atoms. The van der Waals surface area contributed by atoms with E-state index in [1.807, 2.05) is 36.4 Å². The molecule has 0 saturated carbocycles. The fourth-order valence-corrected chi connectivity index (χ4v) is 2.10. The zero-order chi connectivity index (χ0) is 14.7. The lowest BCUT2D eigenvalue weighted by molar-refractivity contribution is 0.289. The number of para-hydroxylation sites is 1. The van der Waals surface area contributed by atoms with Crippen LogP contribution in [0.1, 0.15) is 5.56 Å². The van der Waals surface area contributed by atoms with Gasteiger partial charge < -0.3 is 15.6 Å². The summed E-state index contributed by atoms with van der Waals surface area (Å²) >= 11 is 0. The number of phenols is 1. The lowest BCUT2D eigenvalue weighted by Crippen LogP contribution is -1.96. The minimum Gasteiger partial charge on any atom is -0.504 e. The predicted molar refractivity (Wildman–Crippen MR) is 80.9 cm³/mol. The Labute approximate surface area is 122 Å². The molecule has 0 unspecified atom stereocenters. The lowest BCUT2D eigenvalue weighted by Gasteiger charge is -2.11. The average Bonchev–Trinajstić information content (AvgIpc) is 2.93. The minimum absolute atomic E-state index is 0.0570. The van der Waals surface area contributed by atoms with Crippen LogP contribution in [-0.4, -0.2) is 15.3 Å². The quantitative estimate of drug-likeness (QED) is 0.686. The Morgan fingerprint density at radius 2 is 1.86 bits per heavy atom. The monoisotopic (exact) mass is 281 g/mol. The van der Waals surface area contributed by atoms with Crippen LogP contribution in [0.5, 0.6) is 11.5 Å². The average molecular weight is 281 g/mol. The first-order chi connectivity index (χ1) is 10.3. The van der Waals surface area contributed by atoms with Gasteiger partial charge in [0.1, 0.15) is 12.4 Å². The maximum Gasteiger partial charge on any atom is 0.165 e. The molecule has 1 aromatic heterocycles. The molecule has 3 rings (SSSR count). The van der Waals surface area contributed by atoms with E-state index in [0.29, 0.717) is 29.3 Å². The number of nitrogens with zero attached hydrogens (tertiary/aromatic N) is 1. The van der Waals surface area contributed by atoms with Gasteiger partial charge in [-0.05, 0) is 11.6 Å². The van der Waals surface area contributed by atoms with Crippen molar-refractivity contribution < 1.29 is 9.84 Å². The van der Waals surface area contributed by atoms with Crippen molar-refractivity contribution in [1.82, 2.24) is 10.2 Å². The molecule has 5 nitrogen and oxygen atoms in total. The Morgan fingerprint density at radius 1 is 1.05 bits per heavy atom. The van der Waals surface area contributed by atoms with Crippen LogP contribution in [-0.2, 0) is 6.61 Å². The summed E-state index contributed by atoms with van der Waals surface area (Å²) in [6, 6.07) is 15.1. The number of nitrogen functional groups attached to an aromatic ring is 1. The summed E-state index contributed by atoms with van der Waals surface area (Å²) in [5, 5.41) is 16.8. The van der Waals surface area contributed by atoms with Crippen molar-refractivity contribution >= 4 is 5.82 Å². The van der Waals surface area contributed by atoms with Crippen LogP contribution < -0.4 is 10.5 Å². The van der Waals surface area contributed by atoms with Gasteiger partial charge in [-0.3, -0.25) is 5.10 Å². The SMILES string of the molecule is Nc1[nH]ncc1-c1cccc(OCc2ccccc2)c1O. The van der Waals surface area contributed by atoms with E-state index in [4.69, 9.17) is 10.5 Å². The molecule has 1 heterocycles. The molecule has 5 heteroatoms. The second-order valence-corrected chi connectivity index (χ2v) is 4.62. The molecule has 0 amide bonds. The second-order valence-electron chi connectivity index (χ2n) is 4.62. The van der Waals surface area contributed by atoms with Crippen LogP contribution in [0.2, 0.25) is 0 Å². The normalized spacial score (nSPS) is 10.5. The van der Waals surface area contributed by atoms with E-state index >= 15 is 0 Å². The zero-order valence-corrected chi connectivity index (χ0v) is 11.3. The summed E-state index contributed by atoms with van der Waals surface area (Å²) in [6.07, 6.45) is 1.57. The van der Waals surface area contributed by atoms with Crippen molar-refractivity contribution in [3.05, 3.63) is 60.3 Å². The van der Waals surface area contributed by atoms with Gasteiger partial charge in [-0.1, -0.05) is 42.5 Å². The van der Waals surface area contributed by atoms with Crippen LogP contribution in [0.4, 0.5) is 5.82 Å². The Balaban J connectivity index is 1.86. The molecule has 0 spiro atoms. The van der Waals surface area contributed by atoms with Gasteiger partial charge in [-0.15, -0.1) is 0 Å². The maximum absolute atomic E-state index is 10.3. The van der Waals surface area contributed by atoms with Crippen molar-refractivity contribution in [2.45, 2.75) is 6.61 Å². The number of aromatic amines is 1. The van der Waals surface area contributed by atoms with E-state index in [1.165, 1.54) is 0 Å². The smallest absolute Gasteiger partial charge is 0.165 e. The highest BCUT2D eigenvalue weighted by Crippen LogP contribution is 2.38. The number of hydrogen-bond donors (Lipinski definition) is 3. The van der Waals surface area contributed by atoms with E-state index in [9.17, 15) is 5.11 Å². The molecule has 3 aromatic rings. The minimum atomic E-state index is 0.0570. The van der Waals surface area contributed by atoms with Gasteiger partial charge in [0.05, 0.1) is 6.20 Å². The van der Waals surface area contributed by atoms with Crippen molar-refractivity contribution in [3.8, 4) is 22.6 Å². The van der Waals surface area contributed by atoms with E-state index in [1.54, 1.807) is 18.3 Å². The summed E-state index contributed by atoms with van der Waals surface area (Å²) in [5.74, 6) is 0.879. The van der Waals surface area contributed by atoms with E-state index in [2.05, 4.69) is 10.2 Å². The van der Waals surface area contributed by atoms with E-state index in [0.717, 1.165) is 5.56 Å². The Hall–Kier alpha value is -2.95. The van der Waals surface area contributed by atoms with Gasteiger partial charge in [-0.2, -0.15) is 5.10 Å². The molecule has 106 valence electrons. The van der Waals surface area contributed by atoms with E-state index < -0.39 is 0 Å². The highest BCUT2D eigenvalue weighted by atomic mass is 16.5. The largest absolute Gasteiger partial charge is 0.504 e. The molecular weight excluding hydrogens is 266 g/mol. The number of H-pyrrole nitrogens is 1. The van der Waals surface area contributed by atoms with Gasteiger partial charge in [-0.25, -0.2) is 0 Å². The molecule has 0 aliphatic heterocycles. The van der Waals surface area contributed by atoms with E-state index in [-0.39, 0.29) is 5.75 Å². The third kappa shape index (κ3) is 2.67. The van der Waals surface area contributed by atoms with Gasteiger partial charge >= 0.3 is 0 Å². The third-order valence-electron chi connectivity index (χ3n) is 3.20. The Kier molecular flexibility index (Phi) is 3.47. The number of benzene rings is 2. The summed E-state index contributed by atoms with van der Waals surface area (Å²) in [4.78, 5) is 0. The molecule has 0 radical (unpaired) electrons. The molecule has 2 aromatic carbocycles. The van der Waals surface area contributed by atoms with Crippen LogP contribution in [0, 0.1) is 0 Å². The highest BCUT2D eigenvalue weighted by molar-refractivity contribution is 5.79. The van der Waals surface area contributed by atoms with Crippen molar-refractivity contribution in [1.29, 1.82) is 0 Å². The van der Waals surface area contributed by atoms with Crippen LogP contribution in [0.15, 0.2) is 54.7 Å². The summed E-state index contributed by atoms with van der Waals surface area (Å²) in [6.45, 7) is 0.388. The van der Waals surface area contributed by atoms with Crippen molar-refractivity contribution in [2.24, 2.45) is 0 Å². The van der Waals surface area contributed by atoms with Gasteiger partial charge in [0.25, 0.3) is 0 Å². The zero-order valence-electron chi connectivity index (χ0n) is 11.3. The predicted octanol–water partition coefficient (Wildman–Crippen LogP) is 2.94. The van der Waals surface area contributed by atoms with Gasteiger partial charge in [0.15, 0.2) is 11.5 Å². The number of phenolic OH excluding ortho intramolecular Hbond substituents is 1. The number of hydrogen-bond acceptors (Lipinski definition) is 4. The number of rotatable bonds is 4. The van der Waals surface area contributed by atoms with Crippen molar-refractivity contribution in [2.75, 3.05) is 5.73 Å². The second kappa shape index (κ2) is 5.58. The van der Waals surface area contributed by atoms with Crippen LogP contribution in [0.25, 0.3) is 11.1 Å². The first-order valence-electron chi connectivity index (χ1n) is 6.53. The van der Waals surface area contributed by atoms with Crippen LogP contribution in [0.3, 0.4) is 0 Å². The number of nitrogens with two attached hydrogens (primary N) is 1. The Bertz CT molecular complexity index is 738. The number of anilines is 1. The molecule has 0 saturated heterocycles. The molecule has 0 aliphatic carbocycles. The molecule has 0 aliphatic rings. The topological polar surface area (TPSA) is 84.2 Å².